The molecule has 1 heterocycles. The molecule has 2 aromatic rings. The molecule has 4 heteroatoms. The number of imidazole rings is 1. The van der Waals surface area contributed by atoms with Gasteiger partial charge in [-0.25, -0.2) is 4.98 Å². The van der Waals surface area contributed by atoms with Crippen LogP contribution in [0.2, 0.25) is 0 Å². The summed E-state index contributed by atoms with van der Waals surface area (Å²) in [4.78, 5) is 4.34. The van der Waals surface area contributed by atoms with Crippen molar-refractivity contribution in [2.24, 2.45) is 12.8 Å². The van der Waals surface area contributed by atoms with Crippen LogP contribution in [0.25, 0.3) is 11.0 Å². The van der Waals surface area contributed by atoms with Crippen molar-refractivity contribution in [2.75, 3.05) is 6.54 Å². The van der Waals surface area contributed by atoms with Gasteiger partial charge in [-0.15, -0.1) is 0 Å². The highest BCUT2D eigenvalue weighted by molar-refractivity contribution is 5.76. The van der Waals surface area contributed by atoms with Crippen LogP contribution in [0, 0.1) is 0 Å². The first-order valence-electron chi connectivity index (χ1n) is 5.98. The van der Waals surface area contributed by atoms with Gasteiger partial charge in [0.25, 0.3) is 0 Å². The Labute approximate surface area is 102 Å². The average molecular weight is 232 g/mol. The van der Waals surface area contributed by atoms with Crippen LogP contribution in [0.15, 0.2) is 24.5 Å². The maximum absolute atomic E-state index is 6.14. The van der Waals surface area contributed by atoms with E-state index in [2.05, 4.69) is 42.3 Å². The Balaban J connectivity index is 2.18. The number of hydrogen-bond acceptors (Lipinski definition) is 3. The number of hydrogen-bond donors (Lipinski definition) is 2. The number of nitrogens with zero attached hydrogens (tertiary/aromatic N) is 2. The molecule has 4 nitrogen and oxygen atoms in total. The third kappa shape index (κ3) is 2.65. The molecule has 2 rings (SSSR count). The summed E-state index contributed by atoms with van der Waals surface area (Å²) in [6.45, 7) is 5.03. The van der Waals surface area contributed by atoms with Gasteiger partial charge in [0.1, 0.15) is 0 Å². The second-order valence-corrected chi connectivity index (χ2v) is 4.77. The molecule has 3 N–H and O–H groups in total. The minimum absolute atomic E-state index is 0.0174. The van der Waals surface area contributed by atoms with E-state index >= 15 is 0 Å². The highest BCUT2D eigenvalue weighted by Gasteiger charge is 2.08. The van der Waals surface area contributed by atoms with Crippen LogP contribution < -0.4 is 11.1 Å². The van der Waals surface area contributed by atoms with E-state index in [0.717, 1.165) is 23.1 Å². The summed E-state index contributed by atoms with van der Waals surface area (Å²) in [6.07, 6.45) is 1.83. The van der Waals surface area contributed by atoms with Crippen molar-refractivity contribution in [3.63, 3.8) is 0 Å². The molecule has 1 aromatic heterocycles. The fourth-order valence-electron chi connectivity index (χ4n) is 1.86. The van der Waals surface area contributed by atoms with E-state index in [0.29, 0.717) is 6.04 Å². The van der Waals surface area contributed by atoms with E-state index in [-0.39, 0.29) is 6.04 Å². The van der Waals surface area contributed by atoms with Gasteiger partial charge in [0.15, 0.2) is 0 Å². The summed E-state index contributed by atoms with van der Waals surface area (Å²) in [5, 5.41) is 3.35. The van der Waals surface area contributed by atoms with Crippen molar-refractivity contribution < 1.29 is 0 Å². The molecule has 0 aliphatic carbocycles. The molecule has 1 aromatic carbocycles. The Morgan fingerprint density at radius 2 is 2.18 bits per heavy atom. The Morgan fingerprint density at radius 3 is 2.88 bits per heavy atom. The molecule has 0 aliphatic heterocycles. The molecule has 0 saturated carbocycles. The van der Waals surface area contributed by atoms with Gasteiger partial charge < -0.3 is 15.6 Å². The second kappa shape index (κ2) is 4.85. The van der Waals surface area contributed by atoms with Crippen molar-refractivity contribution >= 4 is 11.0 Å². The lowest BCUT2D eigenvalue weighted by Crippen LogP contribution is -2.31. The summed E-state index contributed by atoms with van der Waals surface area (Å²) in [5.41, 5.74) is 9.41. The van der Waals surface area contributed by atoms with Gasteiger partial charge >= 0.3 is 0 Å². The van der Waals surface area contributed by atoms with Crippen molar-refractivity contribution in [3.8, 4) is 0 Å². The van der Waals surface area contributed by atoms with E-state index in [9.17, 15) is 0 Å². The molecule has 92 valence electrons. The first-order valence-corrected chi connectivity index (χ1v) is 5.98. The van der Waals surface area contributed by atoms with Gasteiger partial charge in [0.2, 0.25) is 0 Å². The molecule has 0 radical (unpaired) electrons. The van der Waals surface area contributed by atoms with Gasteiger partial charge in [-0.1, -0.05) is 19.9 Å². The Morgan fingerprint density at radius 1 is 1.41 bits per heavy atom. The first-order chi connectivity index (χ1) is 8.08. The average Bonchev–Trinajstić information content (AvgIpc) is 2.67. The smallest absolute Gasteiger partial charge is 0.0955 e. The highest BCUT2D eigenvalue weighted by Crippen LogP contribution is 2.17. The lowest BCUT2D eigenvalue weighted by Gasteiger charge is -2.15. The molecule has 0 saturated heterocycles. The van der Waals surface area contributed by atoms with E-state index in [1.165, 1.54) is 0 Å². The maximum atomic E-state index is 6.14. The van der Waals surface area contributed by atoms with Crippen LogP contribution >= 0.6 is 0 Å². The molecule has 17 heavy (non-hydrogen) atoms. The van der Waals surface area contributed by atoms with Gasteiger partial charge in [-0.05, 0) is 17.7 Å². The van der Waals surface area contributed by atoms with Crippen LogP contribution in [0.5, 0.6) is 0 Å². The zero-order chi connectivity index (χ0) is 12.4. The zero-order valence-electron chi connectivity index (χ0n) is 10.6. The third-order valence-corrected chi connectivity index (χ3v) is 2.92. The lowest BCUT2D eigenvalue weighted by molar-refractivity contribution is 0.538. The van der Waals surface area contributed by atoms with Crippen molar-refractivity contribution in [1.82, 2.24) is 14.9 Å². The predicted molar refractivity (Wildman–Crippen MR) is 70.8 cm³/mol. The Bertz CT molecular complexity index is 501. The number of rotatable bonds is 4. The molecular formula is C13H20N4. The van der Waals surface area contributed by atoms with Crippen LogP contribution in [0.1, 0.15) is 25.5 Å². The van der Waals surface area contributed by atoms with E-state index < -0.39 is 0 Å². The zero-order valence-corrected chi connectivity index (χ0v) is 10.6. The Hall–Kier alpha value is -1.39. The van der Waals surface area contributed by atoms with Gasteiger partial charge in [-0.2, -0.15) is 0 Å². The fraction of sp³-hybridized carbons (Fsp3) is 0.462. The van der Waals surface area contributed by atoms with Crippen LogP contribution in [0.4, 0.5) is 0 Å². The van der Waals surface area contributed by atoms with Crippen molar-refractivity contribution in [2.45, 2.75) is 25.9 Å². The third-order valence-electron chi connectivity index (χ3n) is 2.92. The molecule has 0 aliphatic rings. The number of aryl methyl sites for hydroxylation is 1. The van der Waals surface area contributed by atoms with Crippen molar-refractivity contribution in [1.29, 1.82) is 0 Å². The summed E-state index contributed by atoms with van der Waals surface area (Å²) in [5.74, 6) is 0. The SMILES string of the molecule is CC(C)NCC(N)c1ccc2c(c1)ncn2C. The molecule has 0 amide bonds. The number of nitrogens with one attached hydrogen (secondary N) is 1. The monoisotopic (exact) mass is 232 g/mol. The molecule has 1 atom stereocenters. The van der Waals surface area contributed by atoms with Crippen molar-refractivity contribution in [3.05, 3.63) is 30.1 Å². The number of benzene rings is 1. The second-order valence-electron chi connectivity index (χ2n) is 4.77. The largest absolute Gasteiger partial charge is 0.334 e. The topological polar surface area (TPSA) is 55.9 Å². The summed E-state index contributed by atoms with van der Waals surface area (Å²) in [7, 11) is 2.00. The van der Waals surface area contributed by atoms with Gasteiger partial charge in [0, 0.05) is 25.7 Å². The number of aromatic nitrogens is 2. The molecule has 1 unspecified atom stereocenters. The standard InChI is InChI=1S/C13H20N4/c1-9(2)15-7-11(14)10-4-5-13-12(6-10)16-8-17(13)3/h4-6,8-9,11,15H,7,14H2,1-3H3. The Kier molecular flexibility index (Phi) is 3.45. The molecule has 0 fully saturated rings. The van der Waals surface area contributed by atoms with Crippen LogP contribution in [-0.2, 0) is 7.05 Å². The first kappa shape index (κ1) is 12.1. The highest BCUT2D eigenvalue weighted by atomic mass is 15.0. The van der Waals surface area contributed by atoms with Gasteiger partial charge in [0.05, 0.1) is 17.4 Å². The molecule has 0 spiro atoms. The number of nitrogens with two attached hydrogens (primary N) is 1. The van der Waals surface area contributed by atoms with E-state index in [1.807, 2.05) is 17.9 Å². The molecule has 0 bridgehead atoms. The maximum Gasteiger partial charge on any atom is 0.0955 e. The number of fused-ring (bicyclic) bond motifs is 1. The summed E-state index contributed by atoms with van der Waals surface area (Å²) >= 11 is 0. The quantitative estimate of drug-likeness (QED) is 0.841. The summed E-state index contributed by atoms with van der Waals surface area (Å²) < 4.78 is 2.01. The van der Waals surface area contributed by atoms with Crippen LogP contribution in [0.3, 0.4) is 0 Å². The normalized spacial score (nSPS) is 13.5. The minimum Gasteiger partial charge on any atom is -0.334 e. The summed E-state index contributed by atoms with van der Waals surface area (Å²) in [6, 6.07) is 6.70. The minimum atomic E-state index is 0.0174. The van der Waals surface area contributed by atoms with Gasteiger partial charge in [-0.3, -0.25) is 0 Å². The van der Waals surface area contributed by atoms with E-state index in [4.69, 9.17) is 5.73 Å². The predicted octanol–water partition coefficient (Wildman–Crippen LogP) is 1.57. The van der Waals surface area contributed by atoms with Crippen LogP contribution in [-0.4, -0.2) is 22.1 Å². The fourth-order valence-corrected chi connectivity index (χ4v) is 1.86. The van der Waals surface area contributed by atoms with E-state index in [1.54, 1.807) is 0 Å². The lowest BCUT2D eigenvalue weighted by atomic mass is 10.1. The molecular weight excluding hydrogens is 212 g/mol.